The second kappa shape index (κ2) is 13.3. The molecule has 2 aliphatic rings. The second-order valence-corrected chi connectivity index (χ2v) is 13.4. The molecule has 4 bridgehead atoms. The summed E-state index contributed by atoms with van der Waals surface area (Å²) in [5.74, 6) is -0.750. The number of imide groups is 1. The summed E-state index contributed by atoms with van der Waals surface area (Å²) >= 11 is 0. The third kappa shape index (κ3) is 5.37. The molecule has 0 radical (unpaired) electrons. The third-order valence-electron chi connectivity index (χ3n) is 10.5. The number of hydrogen-bond donors (Lipinski definition) is 1. The SMILES string of the molecule is O=C1NC(=O)C2=C1c1cn(c3ccccc13)CCOC(COC(c1ccccc1)(c1ccccc1)c1ccccc1)CCn1cc2c2ccccc21. The van der Waals surface area contributed by atoms with Gasteiger partial charge in [0.05, 0.1) is 30.5 Å². The molecule has 0 saturated heterocycles. The van der Waals surface area contributed by atoms with Crippen molar-refractivity contribution in [1.29, 1.82) is 0 Å². The standard InChI is InChI=1S/C45H37N3O4/c49-43-41-37-28-47(39-22-12-10-20-35(37)39)25-24-34(51-27-26-48-29-38(42(41)44(50)46-43)36-21-11-13-23-40(36)48)30-52-45(31-14-4-1-5-15-31,32-16-6-2-7-17-32)33-18-8-3-9-19-33/h1-23,28-29,34H,24-27,30H2,(H,46,49,50). The van der Waals surface area contributed by atoms with Crippen molar-refractivity contribution in [2.24, 2.45) is 0 Å². The van der Waals surface area contributed by atoms with E-state index in [-0.39, 0.29) is 17.9 Å². The molecule has 7 nitrogen and oxygen atoms in total. The Morgan fingerprint density at radius 1 is 0.596 bits per heavy atom. The lowest BCUT2D eigenvalue weighted by molar-refractivity contribution is -0.122. The number of nitrogens with one attached hydrogen (secondary N) is 1. The Bertz CT molecular complexity index is 2370. The van der Waals surface area contributed by atoms with Gasteiger partial charge in [-0.05, 0) is 35.2 Å². The lowest BCUT2D eigenvalue weighted by Crippen LogP contribution is -2.37. The van der Waals surface area contributed by atoms with Crippen molar-refractivity contribution >= 4 is 44.8 Å². The number of aryl methyl sites for hydroxylation is 1. The summed E-state index contributed by atoms with van der Waals surface area (Å²) in [6, 6.07) is 47.3. The van der Waals surface area contributed by atoms with Crippen LogP contribution in [0.5, 0.6) is 0 Å². The molecule has 2 aromatic heterocycles. The first-order valence-electron chi connectivity index (χ1n) is 17.8. The third-order valence-corrected chi connectivity index (χ3v) is 10.5. The average molecular weight is 684 g/mol. The zero-order valence-corrected chi connectivity index (χ0v) is 28.6. The highest BCUT2D eigenvalue weighted by Crippen LogP contribution is 2.42. The summed E-state index contributed by atoms with van der Waals surface area (Å²) < 4.78 is 18.4. The molecule has 2 aliphatic heterocycles. The van der Waals surface area contributed by atoms with Gasteiger partial charge in [-0.15, -0.1) is 0 Å². The number of fused-ring (bicyclic) bond motifs is 12. The van der Waals surface area contributed by atoms with Crippen molar-refractivity contribution < 1.29 is 19.1 Å². The van der Waals surface area contributed by atoms with Gasteiger partial charge in [-0.3, -0.25) is 14.9 Å². The first kappa shape index (κ1) is 31.9. The Hall–Kier alpha value is -6.02. The Morgan fingerprint density at radius 3 is 1.54 bits per heavy atom. The number of nitrogens with zero attached hydrogens (tertiary/aromatic N) is 2. The number of rotatable bonds is 6. The predicted octanol–water partition coefficient (Wildman–Crippen LogP) is 7.96. The fraction of sp³-hybridized carbons (Fsp3) is 0.156. The van der Waals surface area contributed by atoms with Crippen LogP contribution in [-0.4, -0.2) is 40.3 Å². The molecule has 1 unspecified atom stereocenters. The van der Waals surface area contributed by atoms with E-state index in [1.54, 1.807) is 0 Å². The van der Waals surface area contributed by atoms with Crippen LogP contribution in [0.2, 0.25) is 0 Å². The van der Waals surface area contributed by atoms with Crippen LogP contribution >= 0.6 is 0 Å². The van der Waals surface area contributed by atoms with Gasteiger partial charge in [-0.1, -0.05) is 127 Å². The highest BCUT2D eigenvalue weighted by Gasteiger charge is 2.39. The minimum atomic E-state index is -0.879. The van der Waals surface area contributed by atoms with Crippen molar-refractivity contribution in [3.05, 3.63) is 180 Å². The molecule has 7 heteroatoms. The molecule has 7 aromatic rings. The smallest absolute Gasteiger partial charge is 0.259 e. The minimum Gasteiger partial charge on any atom is -0.374 e. The van der Waals surface area contributed by atoms with Gasteiger partial charge in [0.2, 0.25) is 0 Å². The zero-order chi connectivity index (χ0) is 35.1. The normalized spacial score (nSPS) is 16.6. The second-order valence-electron chi connectivity index (χ2n) is 13.4. The van der Waals surface area contributed by atoms with Gasteiger partial charge in [0.1, 0.15) is 5.60 Å². The molecular formula is C45H37N3O4. The Morgan fingerprint density at radius 2 is 1.04 bits per heavy atom. The maximum atomic E-state index is 13.6. The number of hydrogen-bond acceptors (Lipinski definition) is 4. The van der Waals surface area contributed by atoms with E-state index in [0.717, 1.165) is 49.6 Å². The molecule has 1 atom stereocenters. The number of ether oxygens (including phenoxy) is 2. The van der Waals surface area contributed by atoms with Crippen LogP contribution in [0.3, 0.4) is 0 Å². The van der Waals surface area contributed by atoms with Crippen LogP contribution in [0, 0.1) is 0 Å². The molecule has 256 valence electrons. The minimum absolute atomic E-state index is 0.268. The fourth-order valence-electron chi connectivity index (χ4n) is 8.03. The molecule has 52 heavy (non-hydrogen) atoms. The molecular weight excluding hydrogens is 647 g/mol. The first-order valence-corrected chi connectivity index (χ1v) is 17.8. The van der Waals surface area contributed by atoms with E-state index < -0.39 is 5.60 Å². The monoisotopic (exact) mass is 683 g/mol. The summed E-state index contributed by atoms with van der Waals surface area (Å²) in [4.78, 5) is 27.1. The van der Waals surface area contributed by atoms with Crippen molar-refractivity contribution in [2.45, 2.75) is 31.2 Å². The molecule has 0 saturated carbocycles. The van der Waals surface area contributed by atoms with E-state index in [2.05, 4.69) is 93.3 Å². The highest BCUT2D eigenvalue weighted by atomic mass is 16.5. The van der Waals surface area contributed by atoms with Gasteiger partial charge >= 0.3 is 0 Å². The lowest BCUT2D eigenvalue weighted by Gasteiger charge is -2.37. The Balaban J connectivity index is 1.16. The van der Waals surface area contributed by atoms with E-state index in [0.29, 0.717) is 43.9 Å². The number of carbonyl (C=O) groups excluding carboxylic acids is 2. The number of benzene rings is 5. The van der Waals surface area contributed by atoms with Gasteiger partial charge in [0.25, 0.3) is 11.8 Å². The van der Waals surface area contributed by atoms with Gasteiger partial charge in [0, 0.05) is 58.4 Å². The molecule has 9 rings (SSSR count). The van der Waals surface area contributed by atoms with Gasteiger partial charge in [-0.2, -0.15) is 0 Å². The molecule has 0 spiro atoms. The summed E-state index contributed by atoms with van der Waals surface area (Å²) in [6.07, 6.45) is 4.39. The highest BCUT2D eigenvalue weighted by molar-refractivity contribution is 6.50. The Labute approximate surface area is 301 Å². The van der Waals surface area contributed by atoms with Crippen LogP contribution in [0.25, 0.3) is 33.0 Å². The fourth-order valence-corrected chi connectivity index (χ4v) is 8.03. The summed E-state index contributed by atoms with van der Waals surface area (Å²) in [5, 5.41) is 4.44. The number of aromatic nitrogens is 2. The van der Waals surface area contributed by atoms with E-state index in [1.807, 2.05) is 73.1 Å². The van der Waals surface area contributed by atoms with Gasteiger partial charge in [0.15, 0.2) is 0 Å². The van der Waals surface area contributed by atoms with Crippen molar-refractivity contribution in [3.63, 3.8) is 0 Å². The molecule has 0 fully saturated rings. The molecule has 2 amide bonds. The van der Waals surface area contributed by atoms with Crippen LogP contribution < -0.4 is 5.32 Å². The van der Waals surface area contributed by atoms with Crippen LogP contribution in [-0.2, 0) is 37.8 Å². The number of carbonyl (C=O) groups is 2. The zero-order valence-electron chi connectivity index (χ0n) is 28.6. The summed E-state index contributed by atoms with van der Waals surface area (Å²) in [7, 11) is 0. The largest absolute Gasteiger partial charge is 0.374 e. The van der Waals surface area contributed by atoms with Crippen LogP contribution in [0.15, 0.2) is 152 Å². The predicted molar refractivity (Wildman–Crippen MR) is 203 cm³/mol. The Kier molecular flexibility index (Phi) is 8.15. The van der Waals surface area contributed by atoms with Gasteiger partial charge in [-0.25, -0.2) is 0 Å². The van der Waals surface area contributed by atoms with Crippen molar-refractivity contribution in [2.75, 3.05) is 13.2 Å². The topological polar surface area (TPSA) is 74.5 Å². The van der Waals surface area contributed by atoms with Crippen molar-refractivity contribution in [3.8, 4) is 0 Å². The summed E-state index contributed by atoms with van der Waals surface area (Å²) in [5.41, 5.74) is 6.49. The maximum Gasteiger partial charge on any atom is 0.259 e. The van der Waals surface area contributed by atoms with Crippen molar-refractivity contribution in [1.82, 2.24) is 14.5 Å². The van der Waals surface area contributed by atoms with E-state index in [1.165, 1.54) is 0 Å². The van der Waals surface area contributed by atoms with Crippen LogP contribution in [0.1, 0.15) is 34.2 Å². The first-order chi connectivity index (χ1) is 25.6. The van der Waals surface area contributed by atoms with E-state index >= 15 is 0 Å². The molecule has 1 N–H and O–H groups in total. The maximum absolute atomic E-state index is 13.6. The van der Waals surface area contributed by atoms with Gasteiger partial charge < -0.3 is 18.6 Å². The lowest BCUT2D eigenvalue weighted by atomic mass is 9.80. The molecule has 5 aromatic carbocycles. The van der Waals surface area contributed by atoms with E-state index in [9.17, 15) is 9.59 Å². The average Bonchev–Trinajstić information content (AvgIpc) is 3.84. The number of para-hydroxylation sites is 2. The van der Waals surface area contributed by atoms with E-state index in [4.69, 9.17) is 9.47 Å². The summed E-state index contributed by atoms with van der Waals surface area (Å²) in [6.45, 7) is 1.93. The molecule has 0 aliphatic carbocycles. The molecule has 4 heterocycles. The number of amides is 2. The quantitative estimate of drug-likeness (QED) is 0.143. The van der Waals surface area contributed by atoms with Crippen LogP contribution in [0.4, 0.5) is 0 Å².